The number of nitrogens with two attached hydrogens (primary N) is 1. The van der Waals surface area contributed by atoms with E-state index in [4.69, 9.17) is 10.5 Å². The van der Waals surface area contributed by atoms with Crippen LogP contribution in [0.15, 0.2) is 40.7 Å². The van der Waals surface area contributed by atoms with Crippen LogP contribution < -0.4 is 15.8 Å². The number of primary amides is 1. The molecule has 1 unspecified atom stereocenters. The van der Waals surface area contributed by atoms with E-state index in [-0.39, 0.29) is 6.10 Å². The smallest absolute Gasteiger partial charge is 0.248 e. The Morgan fingerprint density at radius 2 is 2.21 bits per heavy atom. The van der Waals surface area contributed by atoms with Crippen molar-refractivity contribution in [2.75, 3.05) is 11.1 Å². The van der Waals surface area contributed by atoms with Gasteiger partial charge in [0.2, 0.25) is 17.0 Å². The lowest BCUT2D eigenvalue weighted by Gasteiger charge is -2.28. The SMILES string of the molecule is CCCCSc1nc2n(n1)C(c1cccc(OC(C)C)c1)C(C(N)=O)=C(C)N2. The largest absolute Gasteiger partial charge is 0.491 e. The molecule has 3 rings (SSSR count). The molecule has 0 aliphatic carbocycles. The highest BCUT2D eigenvalue weighted by Gasteiger charge is 2.33. The average molecular weight is 402 g/mol. The molecule has 1 atom stereocenters. The van der Waals surface area contributed by atoms with Crippen molar-refractivity contribution in [1.82, 2.24) is 14.8 Å². The van der Waals surface area contributed by atoms with Gasteiger partial charge < -0.3 is 15.8 Å². The fourth-order valence-electron chi connectivity index (χ4n) is 3.16. The summed E-state index contributed by atoms with van der Waals surface area (Å²) in [6.07, 6.45) is 2.28. The third kappa shape index (κ3) is 4.32. The van der Waals surface area contributed by atoms with Gasteiger partial charge in [0.1, 0.15) is 11.8 Å². The molecular weight excluding hydrogens is 374 g/mol. The molecule has 1 aliphatic heterocycles. The standard InChI is InChI=1S/C20H27N5O2S/c1-5-6-10-28-20-23-19-22-13(4)16(18(21)26)17(25(19)24-20)14-8-7-9-15(11-14)27-12(2)3/h7-9,11-12,17H,5-6,10H2,1-4H3,(H2,21,26)(H,22,23,24). The predicted molar refractivity (Wildman–Crippen MR) is 112 cm³/mol. The van der Waals surface area contributed by atoms with Crippen molar-refractivity contribution in [3.63, 3.8) is 0 Å². The van der Waals surface area contributed by atoms with E-state index >= 15 is 0 Å². The number of hydrogen-bond acceptors (Lipinski definition) is 6. The summed E-state index contributed by atoms with van der Waals surface area (Å²) < 4.78 is 7.58. The second kappa shape index (κ2) is 8.68. The summed E-state index contributed by atoms with van der Waals surface area (Å²) in [4.78, 5) is 16.9. The first-order valence-electron chi connectivity index (χ1n) is 9.54. The molecule has 28 heavy (non-hydrogen) atoms. The average Bonchev–Trinajstić information content (AvgIpc) is 3.02. The number of rotatable bonds is 8. The summed E-state index contributed by atoms with van der Waals surface area (Å²) in [5.74, 6) is 1.83. The van der Waals surface area contributed by atoms with Crippen molar-refractivity contribution in [2.24, 2.45) is 5.73 Å². The number of ether oxygens (including phenoxy) is 1. The van der Waals surface area contributed by atoms with Crippen LogP contribution in [0, 0.1) is 0 Å². The van der Waals surface area contributed by atoms with Crippen molar-refractivity contribution in [2.45, 2.75) is 57.8 Å². The molecule has 2 heterocycles. The van der Waals surface area contributed by atoms with E-state index < -0.39 is 11.9 Å². The zero-order valence-electron chi connectivity index (χ0n) is 16.7. The number of amides is 1. The topological polar surface area (TPSA) is 95.1 Å². The number of hydrogen-bond donors (Lipinski definition) is 2. The number of carbonyl (C=O) groups is 1. The van der Waals surface area contributed by atoms with Gasteiger partial charge in [-0.3, -0.25) is 4.79 Å². The number of unbranched alkanes of at least 4 members (excludes halogenated alkanes) is 1. The molecule has 1 amide bonds. The minimum Gasteiger partial charge on any atom is -0.491 e. The molecule has 3 N–H and O–H groups in total. The fraction of sp³-hybridized carbons (Fsp3) is 0.450. The molecule has 0 saturated carbocycles. The number of anilines is 1. The fourth-order valence-corrected chi connectivity index (χ4v) is 4.07. The van der Waals surface area contributed by atoms with Gasteiger partial charge in [0.25, 0.3) is 0 Å². The summed E-state index contributed by atoms with van der Waals surface area (Å²) in [5.41, 5.74) is 7.78. The molecule has 2 aromatic rings. The molecule has 0 bridgehead atoms. The lowest BCUT2D eigenvalue weighted by atomic mass is 9.95. The predicted octanol–water partition coefficient (Wildman–Crippen LogP) is 3.73. The third-order valence-corrected chi connectivity index (χ3v) is 5.30. The van der Waals surface area contributed by atoms with Crippen molar-refractivity contribution < 1.29 is 9.53 Å². The molecule has 1 aromatic heterocycles. The molecule has 0 saturated heterocycles. The van der Waals surface area contributed by atoms with E-state index in [1.165, 1.54) is 0 Å². The van der Waals surface area contributed by atoms with Gasteiger partial charge in [-0.1, -0.05) is 37.2 Å². The van der Waals surface area contributed by atoms with Crippen LogP contribution in [0.2, 0.25) is 0 Å². The normalized spacial score (nSPS) is 16.1. The van der Waals surface area contributed by atoms with Gasteiger partial charge in [-0.15, -0.1) is 5.10 Å². The summed E-state index contributed by atoms with van der Waals surface area (Å²) in [5, 5.41) is 8.52. The van der Waals surface area contributed by atoms with Crippen molar-refractivity contribution in [1.29, 1.82) is 0 Å². The van der Waals surface area contributed by atoms with Crippen molar-refractivity contribution in [3.8, 4) is 5.75 Å². The first kappa shape index (κ1) is 20.3. The van der Waals surface area contributed by atoms with Crippen LogP contribution in [0.5, 0.6) is 5.75 Å². The number of carbonyl (C=O) groups excluding carboxylic acids is 1. The number of allylic oxidation sites excluding steroid dienone is 1. The lowest BCUT2D eigenvalue weighted by Crippen LogP contribution is -2.31. The van der Waals surface area contributed by atoms with Gasteiger partial charge in [0.05, 0.1) is 11.7 Å². The van der Waals surface area contributed by atoms with Gasteiger partial charge in [0, 0.05) is 11.4 Å². The van der Waals surface area contributed by atoms with E-state index in [1.807, 2.05) is 45.0 Å². The Bertz CT molecular complexity index is 890. The van der Waals surface area contributed by atoms with Crippen LogP contribution in [0.4, 0.5) is 5.95 Å². The van der Waals surface area contributed by atoms with Gasteiger partial charge in [-0.05, 0) is 44.9 Å². The third-order valence-electron chi connectivity index (χ3n) is 4.37. The molecule has 0 radical (unpaired) electrons. The molecular formula is C20H27N5O2S. The van der Waals surface area contributed by atoms with E-state index in [0.29, 0.717) is 22.4 Å². The monoisotopic (exact) mass is 401 g/mol. The maximum Gasteiger partial charge on any atom is 0.248 e. The molecule has 1 aromatic carbocycles. The van der Waals surface area contributed by atoms with E-state index in [1.54, 1.807) is 16.4 Å². The van der Waals surface area contributed by atoms with Crippen molar-refractivity contribution >= 4 is 23.6 Å². The Hall–Kier alpha value is -2.48. The Kier molecular flexibility index (Phi) is 6.28. The molecule has 7 nitrogen and oxygen atoms in total. The van der Waals surface area contributed by atoms with Gasteiger partial charge in [0.15, 0.2) is 0 Å². The highest BCUT2D eigenvalue weighted by molar-refractivity contribution is 7.99. The number of nitrogens with one attached hydrogen (secondary N) is 1. The Morgan fingerprint density at radius 3 is 2.89 bits per heavy atom. The molecule has 150 valence electrons. The van der Waals surface area contributed by atoms with E-state index in [9.17, 15) is 4.79 Å². The Labute approximate surface area is 169 Å². The van der Waals surface area contributed by atoms with Crippen LogP contribution in [-0.2, 0) is 4.79 Å². The Morgan fingerprint density at radius 1 is 1.43 bits per heavy atom. The van der Waals surface area contributed by atoms with Crippen LogP contribution in [-0.4, -0.2) is 32.5 Å². The maximum absolute atomic E-state index is 12.3. The minimum absolute atomic E-state index is 0.0552. The first-order chi connectivity index (χ1) is 13.4. The lowest BCUT2D eigenvalue weighted by molar-refractivity contribution is -0.115. The number of thioether (sulfide) groups is 1. The number of fused-ring (bicyclic) bond motifs is 1. The van der Waals surface area contributed by atoms with Gasteiger partial charge in [-0.2, -0.15) is 4.98 Å². The van der Waals surface area contributed by atoms with E-state index in [2.05, 4.69) is 22.3 Å². The minimum atomic E-state index is -0.480. The highest BCUT2D eigenvalue weighted by atomic mass is 32.2. The van der Waals surface area contributed by atoms with Crippen LogP contribution >= 0.6 is 11.8 Å². The highest BCUT2D eigenvalue weighted by Crippen LogP contribution is 2.37. The molecule has 0 fully saturated rings. The molecule has 8 heteroatoms. The summed E-state index contributed by atoms with van der Waals surface area (Å²) >= 11 is 1.62. The van der Waals surface area contributed by atoms with Crippen LogP contribution in [0.3, 0.4) is 0 Å². The quantitative estimate of drug-likeness (QED) is 0.517. The summed E-state index contributed by atoms with van der Waals surface area (Å²) in [6, 6.07) is 7.25. The number of benzene rings is 1. The second-order valence-corrected chi connectivity index (χ2v) is 8.10. The zero-order valence-corrected chi connectivity index (χ0v) is 17.5. The van der Waals surface area contributed by atoms with Gasteiger partial charge in [-0.25, -0.2) is 4.68 Å². The van der Waals surface area contributed by atoms with Crippen LogP contribution in [0.25, 0.3) is 0 Å². The summed E-state index contributed by atoms with van der Waals surface area (Å²) in [6.45, 7) is 7.95. The summed E-state index contributed by atoms with van der Waals surface area (Å²) in [7, 11) is 0. The maximum atomic E-state index is 12.3. The molecule has 1 aliphatic rings. The van der Waals surface area contributed by atoms with Gasteiger partial charge >= 0.3 is 0 Å². The van der Waals surface area contributed by atoms with E-state index in [0.717, 1.165) is 29.9 Å². The zero-order chi connectivity index (χ0) is 20.3. The van der Waals surface area contributed by atoms with Crippen LogP contribution in [0.1, 0.15) is 52.1 Å². The first-order valence-corrected chi connectivity index (χ1v) is 10.5. The Balaban J connectivity index is 2.03. The molecule has 0 spiro atoms. The second-order valence-electron chi connectivity index (χ2n) is 7.03. The van der Waals surface area contributed by atoms with Crippen molar-refractivity contribution in [3.05, 3.63) is 41.1 Å². The number of aromatic nitrogens is 3. The number of nitrogens with zero attached hydrogens (tertiary/aromatic N) is 3.